The predicted molar refractivity (Wildman–Crippen MR) is 78.6 cm³/mol. The van der Waals surface area contributed by atoms with Crippen LogP contribution in [0.2, 0.25) is 0 Å². The first-order valence-electron chi connectivity index (χ1n) is 5.98. The first-order valence-corrected chi connectivity index (χ1v) is 6.86. The average Bonchev–Trinajstić information content (AvgIpc) is 2.92. The summed E-state index contributed by atoms with van der Waals surface area (Å²) in [6.45, 7) is 9.18. The quantitative estimate of drug-likeness (QED) is 0.885. The van der Waals surface area contributed by atoms with Crippen LogP contribution >= 0.6 is 11.3 Å². The smallest absolute Gasteiger partial charge is 0.112 e. The topological polar surface area (TPSA) is 24.9 Å². The molecule has 0 spiro atoms. The molecule has 0 atom stereocenters. The maximum Gasteiger partial charge on any atom is 0.112 e. The van der Waals surface area contributed by atoms with Gasteiger partial charge in [-0.1, -0.05) is 36.9 Å². The van der Waals surface area contributed by atoms with Crippen LogP contribution in [0.3, 0.4) is 0 Å². The Bertz CT molecular complexity index is 501. The maximum absolute atomic E-state index is 4.36. The van der Waals surface area contributed by atoms with Gasteiger partial charge >= 0.3 is 0 Å². The number of hydrogen-bond donors (Lipinski definition) is 1. The summed E-state index contributed by atoms with van der Waals surface area (Å²) in [4.78, 5) is 4.36. The Morgan fingerprint density at radius 1 is 1.33 bits per heavy atom. The SMILES string of the molecule is C=C(CNC(C)(C)c1nccs1)c1ccccc1. The third-order valence-electron chi connectivity index (χ3n) is 2.89. The number of hydrogen-bond acceptors (Lipinski definition) is 3. The lowest BCUT2D eigenvalue weighted by molar-refractivity contribution is 0.426. The van der Waals surface area contributed by atoms with Crippen LogP contribution in [0.1, 0.15) is 24.4 Å². The van der Waals surface area contributed by atoms with Crippen LogP contribution < -0.4 is 5.32 Å². The van der Waals surface area contributed by atoms with Crippen molar-refractivity contribution in [2.24, 2.45) is 0 Å². The van der Waals surface area contributed by atoms with E-state index in [0.29, 0.717) is 0 Å². The number of nitrogens with one attached hydrogen (secondary N) is 1. The molecule has 1 heterocycles. The summed E-state index contributed by atoms with van der Waals surface area (Å²) in [6.07, 6.45) is 1.84. The van der Waals surface area contributed by atoms with Crippen LogP contribution in [0.4, 0.5) is 0 Å². The largest absolute Gasteiger partial charge is 0.302 e. The van der Waals surface area contributed by atoms with Crippen molar-refractivity contribution in [3.8, 4) is 0 Å². The monoisotopic (exact) mass is 258 g/mol. The molecular formula is C15H18N2S. The summed E-state index contributed by atoms with van der Waals surface area (Å²) in [5.74, 6) is 0. The van der Waals surface area contributed by atoms with Gasteiger partial charge in [-0.05, 0) is 25.0 Å². The van der Waals surface area contributed by atoms with Crippen molar-refractivity contribution < 1.29 is 0 Å². The number of aromatic nitrogens is 1. The molecule has 18 heavy (non-hydrogen) atoms. The average molecular weight is 258 g/mol. The third-order valence-corrected chi connectivity index (χ3v) is 3.99. The van der Waals surface area contributed by atoms with E-state index in [4.69, 9.17) is 0 Å². The molecule has 1 aromatic heterocycles. The van der Waals surface area contributed by atoms with Crippen molar-refractivity contribution >= 4 is 16.9 Å². The van der Waals surface area contributed by atoms with E-state index in [9.17, 15) is 0 Å². The van der Waals surface area contributed by atoms with E-state index >= 15 is 0 Å². The molecule has 2 aromatic rings. The Morgan fingerprint density at radius 2 is 2.06 bits per heavy atom. The maximum atomic E-state index is 4.36. The number of benzene rings is 1. The van der Waals surface area contributed by atoms with Gasteiger partial charge in [0.15, 0.2) is 0 Å². The zero-order chi connectivity index (χ0) is 13.0. The summed E-state index contributed by atoms with van der Waals surface area (Å²) in [5, 5.41) is 6.61. The molecule has 94 valence electrons. The van der Waals surface area contributed by atoms with E-state index in [1.165, 1.54) is 5.56 Å². The molecule has 2 nitrogen and oxygen atoms in total. The second-order valence-electron chi connectivity index (χ2n) is 4.79. The first-order chi connectivity index (χ1) is 8.59. The van der Waals surface area contributed by atoms with Gasteiger partial charge in [0.2, 0.25) is 0 Å². The van der Waals surface area contributed by atoms with Crippen molar-refractivity contribution in [1.29, 1.82) is 0 Å². The number of nitrogens with zero attached hydrogens (tertiary/aromatic N) is 1. The molecule has 0 fully saturated rings. The van der Waals surface area contributed by atoms with Crippen LogP contribution in [-0.4, -0.2) is 11.5 Å². The summed E-state index contributed by atoms with van der Waals surface area (Å²) < 4.78 is 0. The number of rotatable bonds is 5. The summed E-state index contributed by atoms with van der Waals surface area (Å²) >= 11 is 1.67. The summed E-state index contributed by atoms with van der Waals surface area (Å²) in [5.41, 5.74) is 2.16. The lowest BCUT2D eigenvalue weighted by Gasteiger charge is -2.24. The Hall–Kier alpha value is -1.45. The van der Waals surface area contributed by atoms with Gasteiger partial charge in [0, 0.05) is 18.1 Å². The van der Waals surface area contributed by atoms with Crippen molar-refractivity contribution in [3.63, 3.8) is 0 Å². The van der Waals surface area contributed by atoms with Crippen molar-refractivity contribution in [1.82, 2.24) is 10.3 Å². The van der Waals surface area contributed by atoms with Gasteiger partial charge in [-0.15, -0.1) is 11.3 Å². The highest BCUT2D eigenvalue weighted by Gasteiger charge is 2.22. The van der Waals surface area contributed by atoms with Crippen molar-refractivity contribution in [3.05, 3.63) is 59.1 Å². The zero-order valence-corrected chi connectivity index (χ0v) is 11.6. The van der Waals surface area contributed by atoms with E-state index in [-0.39, 0.29) is 5.54 Å². The van der Waals surface area contributed by atoms with E-state index in [1.807, 2.05) is 29.8 Å². The molecule has 3 heteroatoms. The van der Waals surface area contributed by atoms with Gasteiger partial charge in [0.05, 0.1) is 5.54 Å². The molecule has 2 rings (SSSR count). The molecule has 1 aromatic carbocycles. The second kappa shape index (κ2) is 5.46. The van der Waals surface area contributed by atoms with Crippen LogP contribution in [0.5, 0.6) is 0 Å². The Morgan fingerprint density at radius 3 is 2.67 bits per heavy atom. The van der Waals surface area contributed by atoms with Crippen LogP contribution in [0, 0.1) is 0 Å². The molecule has 0 aliphatic heterocycles. The highest BCUT2D eigenvalue weighted by atomic mass is 32.1. The highest BCUT2D eigenvalue weighted by molar-refractivity contribution is 7.09. The minimum Gasteiger partial charge on any atom is -0.302 e. The second-order valence-corrected chi connectivity index (χ2v) is 5.68. The number of thiazole rings is 1. The van der Waals surface area contributed by atoms with Crippen LogP contribution in [0.25, 0.3) is 5.57 Å². The first kappa shape index (κ1) is 13.0. The minimum absolute atomic E-state index is 0.119. The lowest BCUT2D eigenvalue weighted by Crippen LogP contribution is -2.37. The van der Waals surface area contributed by atoms with Crippen molar-refractivity contribution in [2.45, 2.75) is 19.4 Å². The fourth-order valence-electron chi connectivity index (χ4n) is 1.71. The molecule has 0 bridgehead atoms. The molecule has 0 saturated heterocycles. The third kappa shape index (κ3) is 3.06. The Balaban J connectivity index is 1.98. The van der Waals surface area contributed by atoms with Crippen LogP contribution in [0.15, 0.2) is 48.5 Å². The van der Waals surface area contributed by atoms with Gasteiger partial charge in [0.25, 0.3) is 0 Å². The predicted octanol–water partition coefficient (Wildman–Crippen LogP) is 3.68. The summed E-state index contributed by atoms with van der Waals surface area (Å²) in [7, 11) is 0. The lowest BCUT2D eigenvalue weighted by atomic mass is 10.0. The van der Waals surface area contributed by atoms with E-state index < -0.39 is 0 Å². The van der Waals surface area contributed by atoms with Crippen LogP contribution in [-0.2, 0) is 5.54 Å². The molecule has 0 aliphatic rings. The minimum atomic E-state index is -0.119. The molecule has 0 radical (unpaired) electrons. The van der Waals surface area contributed by atoms with Gasteiger partial charge < -0.3 is 5.32 Å². The molecule has 1 N–H and O–H groups in total. The summed E-state index contributed by atoms with van der Waals surface area (Å²) in [6, 6.07) is 10.3. The van der Waals surface area contributed by atoms with Gasteiger partial charge in [-0.3, -0.25) is 0 Å². The van der Waals surface area contributed by atoms with E-state index in [0.717, 1.165) is 17.1 Å². The highest BCUT2D eigenvalue weighted by Crippen LogP contribution is 2.22. The molecule has 0 saturated carbocycles. The molecule has 0 aliphatic carbocycles. The van der Waals surface area contributed by atoms with Crippen molar-refractivity contribution in [2.75, 3.05) is 6.54 Å². The van der Waals surface area contributed by atoms with Gasteiger partial charge in [-0.25, -0.2) is 4.98 Å². The van der Waals surface area contributed by atoms with Gasteiger partial charge in [0.1, 0.15) is 5.01 Å². The Labute approximate surface area is 112 Å². The van der Waals surface area contributed by atoms with E-state index in [1.54, 1.807) is 11.3 Å². The molecule has 0 unspecified atom stereocenters. The molecule has 0 amide bonds. The normalized spacial score (nSPS) is 11.4. The Kier molecular flexibility index (Phi) is 3.94. The van der Waals surface area contributed by atoms with Gasteiger partial charge in [-0.2, -0.15) is 0 Å². The van der Waals surface area contributed by atoms with E-state index in [2.05, 4.69) is 42.9 Å². The fraction of sp³-hybridized carbons (Fsp3) is 0.267. The standard InChI is InChI=1S/C15H18N2S/c1-12(13-7-5-4-6-8-13)11-17-15(2,3)14-16-9-10-18-14/h4-10,17H,1,11H2,2-3H3. The zero-order valence-electron chi connectivity index (χ0n) is 10.8. The fourth-order valence-corrected chi connectivity index (χ4v) is 2.45. The molecular weight excluding hydrogens is 240 g/mol.